The zero-order valence-electron chi connectivity index (χ0n) is 20.3. The van der Waals surface area contributed by atoms with E-state index in [9.17, 15) is 14.0 Å². The normalized spacial score (nSPS) is 19.0. The number of methoxy groups -OCH3 is 1. The first-order chi connectivity index (χ1) is 17.9. The Labute approximate surface area is 218 Å². The lowest BCUT2D eigenvalue weighted by Gasteiger charge is -2.23. The summed E-state index contributed by atoms with van der Waals surface area (Å²) >= 11 is 1.20. The fourth-order valence-corrected chi connectivity index (χ4v) is 5.29. The zero-order valence-corrected chi connectivity index (χ0v) is 21.2. The summed E-state index contributed by atoms with van der Waals surface area (Å²) < 4.78 is 19.2. The predicted molar refractivity (Wildman–Crippen MR) is 143 cm³/mol. The van der Waals surface area contributed by atoms with Gasteiger partial charge < -0.3 is 10.1 Å². The van der Waals surface area contributed by atoms with E-state index in [0.717, 1.165) is 28.2 Å². The van der Waals surface area contributed by atoms with E-state index in [2.05, 4.69) is 10.3 Å². The second-order valence-corrected chi connectivity index (χ2v) is 9.99. The molecule has 0 radical (unpaired) electrons. The van der Waals surface area contributed by atoms with E-state index >= 15 is 0 Å². The number of para-hydroxylation sites is 1. The van der Waals surface area contributed by atoms with Crippen LogP contribution in [0.25, 0.3) is 0 Å². The van der Waals surface area contributed by atoms with Gasteiger partial charge in [-0.05, 0) is 42.3 Å². The minimum atomic E-state index is -0.711. The van der Waals surface area contributed by atoms with Gasteiger partial charge in [0.25, 0.3) is 5.91 Å². The molecule has 0 saturated carbocycles. The molecule has 2 amide bonds. The molecule has 0 spiro atoms. The summed E-state index contributed by atoms with van der Waals surface area (Å²) in [6.45, 7) is 2.03. The third-order valence-electron chi connectivity index (χ3n) is 6.24. The van der Waals surface area contributed by atoms with Gasteiger partial charge in [-0.3, -0.25) is 9.59 Å². The Balaban J connectivity index is 1.36. The van der Waals surface area contributed by atoms with Crippen molar-refractivity contribution in [1.29, 1.82) is 0 Å². The molecule has 5 rings (SSSR count). The molecule has 2 aliphatic heterocycles. The first kappa shape index (κ1) is 24.7. The van der Waals surface area contributed by atoms with Gasteiger partial charge in [0.05, 0.1) is 24.6 Å². The van der Waals surface area contributed by atoms with Crippen LogP contribution in [0.2, 0.25) is 0 Å². The number of carbonyl (C=O) groups excluding carboxylic acids is 2. The lowest BCUT2D eigenvalue weighted by Crippen LogP contribution is -2.25. The van der Waals surface area contributed by atoms with Crippen LogP contribution >= 0.6 is 11.8 Å². The Hall–Kier alpha value is -3.98. The number of aliphatic imine (C=N–C) groups is 1. The molecule has 1 N–H and O–H groups in total. The van der Waals surface area contributed by atoms with Crippen LogP contribution in [-0.4, -0.2) is 40.1 Å². The molecule has 37 heavy (non-hydrogen) atoms. The monoisotopic (exact) mass is 516 g/mol. The second-order valence-electron chi connectivity index (χ2n) is 8.82. The number of rotatable bonds is 6. The smallest absolute Gasteiger partial charge is 0.262 e. The maximum Gasteiger partial charge on any atom is 0.262 e. The number of thioether (sulfide) groups is 1. The van der Waals surface area contributed by atoms with E-state index in [1.807, 2.05) is 55.5 Å². The van der Waals surface area contributed by atoms with Gasteiger partial charge in [0, 0.05) is 12.8 Å². The SMILES string of the molecule is COc1ccc(C2CC(c3ccc(C)cc3)=NN2C2=NC(=O)C(CC(=O)Nc3ccccc3F)S2)cc1. The predicted octanol–water partition coefficient (Wildman–Crippen LogP) is 5.32. The van der Waals surface area contributed by atoms with E-state index < -0.39 is 22.9 Å². The van der Waals surface area contributed by atoms with E-state index in [-0.39, 0.29) is 18.2 Å². The zero-order chi connectivity index (χ0) is 25.9. The number of nitrogens with zero attached hydrogens (tertiary/aromatic N) is 3. The number of nitrogens with one attached hydrogen (secondary N) is 1. The summed E-state index contributed by atoms with van der Waals surface area (Å²) in [5.74, 6) is -0.646. The number of hydrogen-bond acceptors (Lipinski definition) is 6. The number of ether oxygens (including phenoxy) is 1. The van der Waals surface area contributed by atoms with Gasteiger partial charge in [0.15, 0.2) is 5.17 Å². The average Bonchev–Trinajstić information content (AvgIpc) is 3.50. The number of amides is 2. The molecule has 188 valence electrons. The summed E-state index contributed by atoms with van der Waals surface area (Å²) in [5, 5.41) is 8.90. The highest BCUT2D eigenvalue weighted by Gasteiger charge is 2.39. The fourth-order valence-electron chi connectivity index (χ4n) is 4.23. The number of benzene rings is 3. The highest BCUT2D eigenvalue weighted by atomic mass is 32.2. The molecule has 0 aromatic heterocycles. The van der Waals surface area contributed by atoms with Crippen LogP contribution in [0.5, 0.6) is 5.75 Å². The van der Waals surface area contributed by atoms with Crippen molar-refractivity contribution in [3.05, 3.63) is 95.3 Å². The third-order valence-corrected chi connectivity index (χ3v) is 7.38. The molecule has 0 saturated heterocycles. The molecule has 0 bridgehead atoms. The molecular formula is C28H25FN4O3S. The third kappa shape index (κ3) is 5.41. The molecule has 2 unspecified atom stereocenters. The average molecular weight is 517 g/mol. The topological polar surface area (TPSA) is 83.4 Å². The molecule has 0 fully saturated rings. The number of amidine groups is 1. The van der Waals surface area contributed by atoms with Crippen molar-refractivity contribution in [3.8, 4) is 5.75 Å². The first-order valence-corrected chi connectivity index (χ1v) is 12.7. The van der Waals surface area contributed by atoms with E-state index in [0.29, 0.717) is 11.6 Å². The van der Waals surface area contributed by atoms with Crippen molar-refractivity contribution in [3.63, 3.8) is 0 Å². The quantitative estimate of drug-likeness (QED) is 0.480. The summed E-state index contributed by atoms with van der Waals surface area (Å²) in [6.07, 6.45) is 0.502. The van der Waals surface area contributed by atoms with E-state index in [4.69, 9.17) is 9.84 Å². The van der Waals surface area contributed by atoms with Gasteiger partial charge >= 0.3 is 0 Å². The molecule has 2 atom stereocenters. The first-order valence-electron chi connectivity index (χ1n) is 11.8. The molecule has 2 heterocycles. The van der Waals surface area contributed by atoms with Gasteiger partial charge in [-0.25, -0.2) is 9.40 Å². The molecule has 9 heteroatoms. The molecule has 0 aliphatic carbocycles. The van der Waals surface area contributed by atoms with Crippen LogP contribution in [0, 0.1) is 12.7 Å². The molecule has 3 aromatic carbocycles. The standard InChI is InChI=1S/C28H25FN4O3S/c1-17-7-9-18(10-8-17)23-15-24(19-11-13-20(36-2)14-12-19)33(32-23)28-31-27(35)25(37-28)16-26(34)30-22-6-4-3-5-21(22)29/h3-14,24-25H,15-16H2,1-2H3,(H,30,34). The minimum absolute atomic E-state index is 0.0792. The largest absolute Gasteiger partial charge is 0.497 e. The number of hydrazone groups is 1. The Morgan fingerprint density at radius 2 is 1.84 bits per heavy atom. The Morgan fingerprint density at radius 3 is 2.54 bits per heavy atom. The van der Waals surface area contributed by atoms with Gasteiger partial charge in [-0.15, -0.1) is 0 Å². The summed E-state index contributed by atoms with van der Waals surface area (Å²) in [7, 11) is 1.62. The number of anilines is 1. The van der Waals surface area contributed by atoms with Crippen molar-refractivity contribution >= 4 is 40.1 Å². The number of carbonyl (C=O) groups is 2. The molecule has 2 aliphatic rings. The van der Waals surface area contributed by atoms with Crippen LogP contribution in [0.15, 0.2) is 82.9 Å². The summed E-state index contributed by atoms with van der Waals surface area (Å²) in [5.41, 5.74) is 4.13. The maximum absolute atomic E-state index is 13.9. The van der Waals surface area contributed by atoms with Crippen molar-refractivity contribution in [1.82, 2.24) is 5.01 Å². The van der Waals surface area contributed by atoms with Gasteiger partial charge in [-0.1, -0.05) is 65.9 Å². The van der Waals surface area contributed by atoms with Gasteiger partial charge in [0.1, 0.15) is 16.8 Å². The van der Waals surface area contributed by atoms with Crippen LogP contribution in [0.4, 0.5) is 10.1 Å². The van der Waals surface area contributed by atoms with Crippen molar-refractivity contribution < 1.29 is 18.7 Å². The number of aryl methyl sites for hydroxylation is 1. The lowest BCUT2D eigenvalue weighted by atomic mass is 9.98. The Bertz CT molecular complexity index is 1390. The van der Waals surface area contributed by atoms with Crippen LogP contribution in [0.1, 0.15) is 35.6 Å². The highest BCUT2D eigenvalue weighted by molar-refractivity contribution is 8.15. The highest BCUT2D eigenvalue weighted by Crippen LogP contribution is 2.39. The second kappa shape index (κ2) is 10.6. The van der Waals surface area contributed by atoms with Crippen molar-refractivity contribution in [2.45, 2.75) is 31.1 Å². The number of hydrogen-bond donors (Lipinski definition) is 1. The molecular weight excluding hydrogens is 491 g/mol. The van der Waals surface area contributed by atoms with Crippen LogP contribution < -0.4 is 10.1 Å². The van der Waals surface area contributed by atoms with Crippen LogP contribution in [-0.2, 0) is 9.59 Å². The van der Waals surface area contributed by atoms with Crippen molar-refractivity contribution in [2.75, 3.05) is 12.4 Å². The summed E-state index contributed by atoms with van der Waals surface area (Å²) in [6, 6.07) is 21.6. The minimum Gasteiger partial charge on any atom is -0.497 e. The Kier molecular flexibility index (Phi) is 7.05. The molecule has 7 nitrogen and oxygen atoms in total. The summed E-state index contributed by atoms with van der Waals surface area (Å²) in [4.78, 5) is 29.6. The van der Waals surface area contributed by atoms with E-state index in [1.165, 1.54) is 23.9 Å². The Morgan fingerprint density at radius 1 is 1.11 bits per heavy atom. The molecule has 3 aromatic rings. The number of halogens is 1. The van der Waals surface area contributed by atoms with Gasteiger partial charge in [0.2, 0.25) is 5.91 Å². The lowest BCUT2D eigenvalue weighted by molar-refractivity contribution is -0.121. The van der Waals surface area contributed by atoms with Gasteiger partial charge in [-0.2, -0.15) is 10.1 Å². The maximum atomic E-state index is 13.9. The fraction of sp³-hybridized carbons (Fsp3) is 0.214. The van der Waals surface area contributed by atoms with E-state index in [1.54, 1.807) is 24.3 Å². The van der Waals surface area contributed by atoms with Crippen molar-refractivity contribution in [2.24, 2.45) is 10.1 Å². The van der Waals surface area contributed by atoms with Crippen LogP contribution in [0.3, 0.4) is 0 Å².